The quantitative estimate of drug-likeness (QED) is 0.725. The Labute approximate surface area is 71.2 Å². The topological polar surface area (TPSA) is 37.3 Å². The molecule has 0 bridgehead atoms. The zero-order valence-electron chi connectivity index (χ0n) is 6.87. The second kappa shape index (κ2) is 3.22. The highest BCUT2D eigenvalue weighted by molar-refractivity contribution is 5.93. The van der Waals surface area contributed by atoms with Gasteiger partial charge < -0.3 is 5.11 Å². The predicted molar refractivity (Wildman–Crippen MR) is 48.1 cm³/mol. The number of carboxylic acid groups (broad SMARTS) is 1. The van der Waals surface area contributed by atoms with Crippen LogP contribution in [-0.4, -0.2) is 11.1 Å². The molecular weight excluding hydrogens is 152 g/mol. The first-order valence-corrected chi connectivity index (χ1v) is 3.61. The van der Waals surface area contributed by atoms with E-state index in [4.69, 9.17) is 5.11 Å². The highest BCUT2D eigenvalue weighted by Crippen LogP contribution is 2.16. The number of carboxylic acids is 1. The second-order valence-corrected chi connectivity index (χ2v) is 2.63. The van der Waals surface area contributed by atoms with Crippen LogP contribution in [0.3, 0.4) is 0 Å². The molecule has 0 fully saturated rings. The summed E-state index contributed by atoms with van der Waals surface area (Å²) in [7, 11) is 0. The van der Waals surface area contributed by atoms with Crippen LogP contribution in [0, 0.1) is 0 Å². The smallest absolute Gasteiger partial charge is 0.336 e. The van der Waals surface area contributed by atoms with Gasteiger partial charge in [-0.1, -0.05) is 30.4 Å². The van der Waals surface area contributed by atoms with Gasteiger partial charge in [-0.15, -0.1) is 0 Å². The third-order valence-corrected chi connectivity index (χ3v) is 1.62. The minimum absolute atomic E-state index is 0.310. The number of rotatable bonds is 2. The maximum absolute atomic E-state index is 10.7. The Balaban J connectivity index is 3.27. The molecule has 62 valence electrons. The van der Waals surface area contributed by atoms with Crippen LogP contribution in [0.4, 0.5) is 0 Å². The molecule has 0 atom stereocenters. The number of aromatic carboxylic acids is 1. The normalized spacial score (nSPS) is 9.42. The predicted octanol–water partition coefficient (Wildman–Crippen LogP) is 2.42. The Kier molecular flexibility index (Phi) is 2.29. The van der Waals surface area contributed by atoms with Crippen molar-refractivity contribution in [1.82, 2.24) is 0 Å². The molecule has 0 spiro atoms. The maximum atomic E-state index is 10.7. The van der Waals surface area contributed by atoms with Crippen LogP contribution < -0.4 is 0 Å². The average molecular weight is 162 g/mol. The van der Waals surface area contributed by atoms with Crippen molar-refractivity contribution in [2.45, 2.75) is 6.92 Å². The zero-order valence-corrected chi connectivity index (χ0v) is 6.87. The first kappa shape index (κ1) is 8.53. The average Bonchev–Trinajstić information content (AvgIpc) is 2.04. The first-order chi connectivity index (χ1) is 5.63. The largest absolute Gasteiger partial charge is 0.478 e. The van der Waals surface area contributed by atoms with E-state index in [1.807, 2.05) is 0 Å². The molecule has 0 heterocycles. The molecule has 2 nitrogen and oxygen atoms in total. The van der Waals surface area contributed by atoms with Crippen molar-refractivity contribution in [2.75, 3.05) is 0 Å². The van der Waals surface area contributed by atoms with Crippen molar-refractivity contribution in [1.29, 1.82) is 0 Å². The van der Waals surface area contributed by atoms with Crippen LogP contribution in [0.1, 0.15) is 22.8 Å². The molecule has 12 heavy (non-hydrogen) atoms. The number of hydrogen-bond donors (Lipinski definition) is 1. The molecule has 0 amide bonds. The maximum Gasteiger partial charge on any atom is 0.336 e. The van der Waals surface area contributed by atoms with Crippen molar-refractivity contribution in [3.8, 4) is 0 Å². The van der Waals surface area contributed by atoms with Gasteiger partial charge in [0.1, 0.15) is 0 Å². The summed E-state index contributed by atoms with van der Waals surface area (Å²) in [5, 5.41) is 8.77. The fraction of sp³-hybridized carbons (Fsp3) is 0.100. The van der Waals surface area contributed by atoms with Gasteiger partial charge in [-0.05, 0) is 18.6 Å². The summed E-state index contributed by atoms with van der Waals surface area (Å²) < 4.78 is 0. The van der Waals surface area contributed by atoms with Crippen LogP contribution >= 0.6 is 0 Å². The molecule has 0 saturated carbocycles. The molecule has 0 radical (unpaired) electrons. The van der Waals surface area contributed by atoms with Gasteiger partial charge >= 0.3 is 5.97 Å². The van der Waals surface area contributed by atoms with Crippen molar-refractivity contribution < 1.29 is 9.90 Å². The SMILES string of the molecule is C=C(C)c1ccccc1C(=O)O. The van der Waals surface area contributed by atoms with E-state index in [9.17, 15) is 4.79 Å². The molecule has 1 rings (SSSR count). The standard InChI is InChI=1S/C10H10O2/c1-7(2)8-5-3-4-6-9(8)10(11)12/h3-6H,1H2,2H3,(H,11,12). The first-order valence-electron chi connectivity index (χ1n) is 3.61. The third-order valence-electron chi connectivity index (χ3n) is 1.62. The Hall–Kier alpha value is -1.57. The van der Waals surface area contributed by atoms with E-state index < -0.39 is 5.97 Å². The van der Waals surface area contributed by atoms with Crippen LogP contribution in [0.15, 0.2) is 30.8 Å². The van der Waals surface area contributed by atoms with Gasteiger partial charge in [0.15, 0.2) is 0 Å². The summed E-state index contributed by atoms with van der Waals surface area (Å²) in [4.78, 5) is 10.7. The number of hydrogen-bond acceptors (Lipinski definition) is 1. The fourth-order valence-electron chi connectivity index (χ4n) is 1.04. The van der Waals surface area contributed by atoms with Crippen molar-refractivity contribution >= 4 is 11.5 Å². The summed E-state index contributed by atoms with van der Waals surface area (Å²) in [5.74, 6) is -0.909. The van der Waals surface area contributed by atoms with Gasteiger partial charge in [-0.2, -0.15) is 0 Å². The number of benzene rings is 1. The molecule has 0 saturated heterocycles. The van der Waals surface area contributed by atoms with Gasteiger partial charge in [-0.3, -0.25) is 0 Å². The van der Waals surface area contributed by atoms with Gasteiger partial charge in [0, 0.05) is 0 Å². The molecule has 0 aliphatic rings. The molecule has 1 N–H and O–H groups in total. The van der Waals surface area contributed by atoms with Crippen molar-refractivity contribution in [2.24, 2.45) is 0 Å². The summed E-state index contributed by atoms with van der Waals surface area (Å²) in [6.45, 7) is 5.50. The summed E-state index contributed by atoms with van der Waals surface area (Å²) in [6.07, 6.45) is 0. The van der Waals surface area contributed by atoms with E-state index >= 15 is 0 Å². The van der Waals surface area contributed by atoms with Gasteiger partial charge in [-0.25, -0.2) is 4.79 Å². The molecule has 1 aromatic rings. The van der Waals surface area contributed by atoms with Gasteiger partial charge in [0.05, 0.1) is 5.56 Å². The van der Waals surface area contributed by atoms with Gasteiger partial charge in [0.2, 0.25) is 0 Å². The molecular formula is C10H10O2. The van der Waals surface area contributed by atoms with Crippen molar-refractivity contribution in [3.63, 3.8) is 0 Å². The molecule has 0 aromatic heterocycles. The molecule has 0 aliphatic heterocycles. The second-order valence-electron chi connectivity index (χ2n) is 2.63. The molecule has 0 aliphatic carbocycles. The zero-order chi connectivity index (χ0) is 9.14. The fourth-order valence-corrected chi connectivity index (χ4v) is 1.04. The monoisotopic (exact) mass is 162 g/mol. The Morgan fingerprint density at radius 2 is 1.83 bits per heavy atom. The highest BCUT2D eigenvalue weighted by atomic mass is 16.4. The number of allylic oxidation sites excluding steroid dienone is 1. The minimum atomic E-state index is -0.909. The van der Waals surface area contributed by atoms with E-state index in [0.29, 0.717) is 11.1 Å². The summed E-state index contributed by atoms with van der Waals surface area (Å²) >= 11 is 0. The lowest BCUT2D eigenvalue weighted by atomic mass is 10.0. The Morgan fingerprint density at radius 3 is 2.17 bits per heavy atom. The van der Waals surface area contributed by atoms with E-state index in [2.05, 4.69) is 6.58 Å². The van der Waals surface area contributed by atoms with Crippen LogP contribution in [-0.2, 0) is 0 Å². The van der Waals surface area contributed by atoms with E-state index in [1.54, 1.807) is 31.2 Å². The van der Waals surface area contributed by atoms with E-state index in [1.165, 1.54) is 0 Å². The molecule has 0 unspecified atom stereocenters. The van der Waals surface area contributed by atoms with Gasteiger partial charge in [0.25, 0.3) is 0 Å². The van der Waals surface area contributed by atoms with Crippen LogP contribution in [0.5, 0.6) is 0 Å². The lowest BCUT2D eigenvalue weighted by Crippen LogP contribution is -1.99. The molecule has 1 aromatic carbocycles. The summed E-state index contributed by atoms with van der Waals surface area (Å²) in [6, 6.07) is 6.84. The Bertz CT molecular complexity index is 293. The molecule has 2 heteroatoms. The minimum Gasteiger partial charge on any atom is -0.478 e. The summed E-state index contributed by atoms with van der Waals surface area (Å²) in [5.41, 5.74) is 1.78. The Morgan fingerprint density at radius 1 is 1.33 bits per heavy atom. The lowest BCUT2D eigenvalue weighted by Gasteiger charge is -2.03. The van der Waals surface area contributed by atoms with Crippen LogP contribution in [0.2, 0.25) is 0 Å². The van der Waals surface area contributed by atoms with Crippen molar-refractivity contribution in [3.05, 3.63) is 42.0 Å². The van der Waals surface area contributed by atoms with Crippen LogP contribution in [0.25, 0.3) is 5.57 Å². The lowest BCUT2D eigenvalue weighted by molar-refractivity contribution is 0.0696. The number of carbonyl (C=O) groups is 1. The highest BCUT2D eigenvalue weighted by Gasteiger charge is 2.07. The van der Waals surface area contributed by atoms with E-state index in [0.717, 1.165) is 5.57 Å². The van der Waals surface area contributed by atoms with E-state index in [-0.39, 0.29) is 0 Å². The third kappa shape index (κ3) is 1.53.